The number of carbonyl (C=O) groups excluding carboxylic acids is 1. The van der Waals surface area contributed by atoms with E-state index in [9.17, 15) is 22.4 Å². The summed E-state index contributed by atoms with van der Waals surface area (Å²) in [6.45, 7) is 2.18. The van der Waals surface area contributed by atoms with Crippen LogP contribution in [0.25, 0.3) is 0 Å². The number of aromatic nitrogens is 3. The van der Waals surface area contributed by atoms with Gasteiger partial charge in [0.1, 0.15) is 17.5 Å². The number of halogens is 4. The van der Waals surface area contributed by atoms with Crippen LogP contribution in [0.5, 0.6) is 0 Å². The minimum absolute atomic E-state index is 0.0356. The number of amides is 1. The number of nitrogens with zero attached hydrogens (tertiary/aromatic N) is 3. The number of anilines is 4. The van der Waals surface area contributed by atoms with Gasteiger partial charge in [0.05, 0.1) is 28.2 Å². The first-order chi connectivity index (χ1) is 15.7. The number of rotatable bonds is 8. The zero-order valence-electron chi connectivity index (χ0n) is 17.8. The smallest absolute Gasteiger partial charge is 0.396 e. The molecular weight excluding hydrogens is 444 g/mol. The lowest BCUT2D eigenvalue weighted by atomic mass is 10.1. The molecule has 8 nitrogen and oxygen atoms in total. The van der Waals surface area contributed by atoms with Crippen molar-refractivity contribution in [3.63, 3.8) is 0 Å². The molecule has 0 saturated heterocycles. The number of carbonyl (C=O) groups is 1. The number of pyridine rings is 1. The van der Waals surface area contributed by atoms with E-state index in [-0.39, 0.29) is 18.0 Å². The van der Waals surface area contributed by atoms with Gasteiger partial charge in [-0.3, -0.25) is 4.79 Å². The predicted molar refractivity (Wildman–Crippen MR) is 114 cm³/mol. The van der Waals surface area contributed by atoms with Crippen molar-refractivity contribution >= 4 is 28.9 Å². The molecule has 2 aromatic heterocycles. The number of aliphatic hydroxyl groups excluding tert-OH is 1. The number of para-hydroxylation sites is 1. The third-order valence-electron chi connectivity index (χ3n) is 4.71. The maximum absolute atomic E-state index is 14.5. The second-order valence-electron chi connectivity index (χ2n) is 6.91. The second-order valence-corrected chi connectivity index (χ2v) is 6.91. The first-order valence-corrected chi connectivity index (χ1v) is 9.97. The zero-order chi connectivity index (χ0) is 24.2. The van der Waals surface area contributed by atoms with Gasteiger partial charge in [-0.05, 0) is 19.1 Å². The van der Waals surface area contributed by atoms with E-state index < -0.39 is 34.8 Å². The monoisotopic (exact) mass is 466 g/mol. The van der Waals surface area contributed by atoms with Crippen LogP contribution in [0, 0.1) is 5.82 Å². The number of alkyl halides is 3. The van der Waals surface area contributed by atoms with Crippen LogP contribution in [0.2, 0.25) is 0 Å². The molecule has 3 aromatic rings. The van der Waals surface area contributed by atoms with Crippen molar-refractivity contribution < 1.29 is 27.5 Å². The minimum Gasteiger partial charge on any atom is -0.396 e. The number of aryl methyl sites for hydroxylation is 1. The molecule has 0 bridgehead atoms. The molecule has 0 aliphatic carbocycles. The average Bonchev–Trinajstić information content (AvgIpc) is 3.15. The topological polar surface area (TPSA) is 104 Å². The second kappa shape index (κ2) is 9.86. The van der Waals surface area contributed by atoms with E-state index in [0.717, 1.165) is 12.1 Å². The molecule has 4 N–H and O–H groups in total. The molecule has 0 atom stereocenters. The molecule has 0 aliphatic heterocycles. The van der Waals surface area contributed by atoms with Crippen LogP contribution < -0.4 is 16.0 Å². The Morgan fingerprint density at radius 1 is 1.21 bits per heavy atom. The molecule has 3 rings (SSSR count). The number of aliphatic hydroxyl groups is 1. The lowest BCUT2D eigenvalue weighted by Gasteiger charge is -2.18. The van der Waals surface area contributed by atoms with Gasteiger partial charge in [0.2, 0.25) is 0 Å². The van der Waals surface area contributed by atoms with Crippen LogP contribution in [0.1, 0.15) is 28.5 Å². The van der Waals surface area contributed by atoms with Gasteiger partial charge >= 0.3 is 6.18 Å². The van der Waals surface area contributed by atoms with E-state index in [1.54, 1.807) is 10.7 Å². The quantitative estimate of drug-likeness (QED) is 0.376. The zero-order valence-corrected chi connectivity index (χ0v) is 17.8. The highest BCUT2D eigenvalue weighted by Crippen LogP contribution is 2.38. The van der Waals surface area contributed by atoms with Gasteiger partial charge < -0.3 is 21.1 Å². The van der Waals surface area contributed by atoms with Gasteiger partial charge in [0.25, 0.3) is 5.91 Å². The van der Waals surface area contributed by atoms with Crippen molar-refractivity contribution in [3.05, 3.63) is 59.2 Å². The lowest BCUT2D eigenvalue weighted by Crippen LogP contribution is -2.20. The van der Waals surface area contributed by atoms with Gasteiger partial charge in [0.15, 0.2) is 0 Å². The third kappa shape index (κ3) is 5.40. The van der Waals surface area contributed by atoms with Crippen molar-refractivity contribution in [3.8, 4) is 0 Å². The molecule has 1 amide bonds. The Morgan fingerprint density at radius 3 is 2.61 bits per heavy atom. The fourth-order valence-corrected chi connectivity index (χ4v) is 3.14. The fraction of sp³-hybridized carbons (Fsp3) is 0.286. The van der Waals surface area contributed by atoms with Crippen LogP contribution in [0.4, 0.5) is 40.6 Å². The number of hydrogen-bond acceptors (Lipinski definition) is 6. The van der Waals surface area contributed by atoms with E-state index in [1.165, 1.54) is 19.2 Å². The summed E-state index contributed by atoms with van der Waals surface area (Å²) in [4.78, 5) is 15.9. The molecule has 0 aliphatic rings. The summed E-state index contributed by atoms with van der Waals surface area (Å²) in [7, 11) is 1.33. The molecule has 1 aromatic carbocycles. The summed E-state index contributed by atoms with van der Waals surface area (Å²) in [5.74, 6) is -1.07. The largest absolute Gasteiger partial charge is 0.419 e. The predicted octanol–water partition coefficient (Wildman–Crippen LogP) is 3.84. The third-order valence-corrected chi connectivity index (χ3v) is 4.71. The molecule has 33 heavy (non-hydrogen) atoms. The first-order valence-electron chi connectivity index (χ1n) is 9.97. The number of hydrogen-bond donors (Lipinski definition) is 4. The summed E-state index contributed by atoms with van der Waals surface area (Å²) < 4.78 is 57.0. The van der Waals surface area contributed by atoms with Gasteiger partial charge in [-0.15, -0.1) is 0 Å². The molecule has 0 saturated carbocycles. The van der Waals surface area contributed by atoms with Crippen LogP contribution in [-0.4, -0.2) is 39.4 Å². The Morgan fingerprint density at radius 2 is 1.97 bits per heavy atom. The summed E-state index contributed by atoms with van der Waals surface area (Å²) >= 11 is 0. The minimum atomic E-state index is -4.79. The van der Waals surface area contributed by atoms with E-state index in [1.807, 2.05) is 6.92 Å². The Hall–Kier alpha value is -3.67. The van der Waals surface area contributed by atoms with Crippen molar-refractivity contribution in [2.45, 2.75) is 26.1 Å². The van der Waals surface area contributed by atoms with Crippen molar-refractivity contribution in [1.82, 2.24) is 20.1 Å². The van der Waals surface area contributed by atoms with Gasteiger partial charge in [-0.2, -0.15) is 18.3 Å². The van der Waals surface area contributed by atoms with Crippen molar-refractivity contribution in [2.24, 2.45) is 0 Å². The lowest BCUT2D eigenvalue weighted by molar-refractivity contribution is -0.137. The molecule has 12 heteroatoms. The van der Waals surface area contributed by atoms with E-state index in [4.69, 9.17) is 5.11 Å². The van der Waals surface area contributed by atoms with Crippen LogP contribution in [0.3, 0.4) is 0 Å². The molecule has 176 valence electrons. The van der Waals surface area contributed by atoms with E-state index in [0.29, 0.717) is 30.7 Å². The molecular formula is C21H22F4N6O2. The number of benzene rings is 1. The molecule has 0 unspecified atom stereocenters. The average molecular weight is 466 g/mol. The van der Waals surface area contributed by atoms with Gasteiger partial charge in [-0.1, -0.05) is 6.07 Å². The van der Waals surface area contributed by atoms with Crippen LogP contribution >= 0.6 is 0 Å². The molecule has 0 fully saturated rings. The van der Waals surface area contributed by atoms with Gasteiger partial charge in [-0.25, -0.2) is 14.1 Å². The SMILES string of the molecule is CCn1nc(CCO)cc1Nc1cc(Nc2c(F)cccc2C(=O)NC)c(C(F)(F)F)cn1. The highest BCUT2D eigenvalue weighted by molar-refractivity contribution is 6.00. The Bertz CT molecular complexity index is 1150. The summed E-state index contributed by atoms with van der Waals surface area (Å²) in [6, 6.07) is 6.32. The van der Waals surface area contributed by atoms with E-state index >= 15 is 0 Å². The number of nitrogens with one attached hydrogen (secondary N) is 3. The Labute approximate surface area is 186 Å². The molecule has 0 radical (unpaired) electrons. The molecule has 2 heterocycles. The Kier molecular flexibility index (Phi) is 7.16. The standard InChI is InChI=1S/C21H22F4N6O2/c1-3-31-18(9-12(30-31)7-8-32)29-17-10-16(14(11-27-17)21(23,24)25)28-19-13(20(33)26-2)5-4-6-15(19)22/h4-6,9-11,32H,3,7-8H2,1-2H3,(H,26,33)(H2,27,28,29). The maximum atomic E-state index is 14.5. The summed E-state index contributed by atoms with van der Waals surface area (Å²) in [5.41, 5.74) is -1.59. The van der Waals surface area contributed by atoms with Crippen molar-refractivity contribution in [2.75, 3.05) is 24.3 Å². The summed E-state index contributed by atoms with van der Waals surface area (Å²) in [6.07, 6.45) is -3.86. The Balaban J connectivity index is 2.04. The van der Waals surface area contributed by atoms with Crippen LogP contribution in [0.15, 0.2) is 36.5 Å². The normalized spacial score (nSPS) is 11.4. The van der Waals surface area contributed by atoms with Gasteiger partial charge in [0, 0.05) is 44.9 Å². The molecule has 0 spiro atoms. The van der Waals surface area contributed by atoms with Crippen LogP contribution in [-0.2, 0) is 19.1 Å². The van der Waals surface area contributed by atoms with Crippen molar-refractivity contribution in [1.29, 1.82) is 0 Å². The van der Waals surface area contributed by atoms with E-state index in [2.05, 4.69) is 26.0 Å². The highest BCUT2D eigenvalue weighted by Gasteiger charge is 2.35. The maximum Gasteiger partial charge on any atom is 0.419 e. The fourth-order valence-electron chi connectivity index (χ4n) is 3.14. The highest BCUT2D eigenvalue weighted by atomic mass is 19.4. The first kappa shape index (κ1) is 24.0. The summed E-state index contributed by atoms with van der Waals surface area (Å²) in [5, 5.41) is 21.0.